The van der Waals surface area contributed by atoms with Crippen LogP contribution in [0.3, 0.4) is 0 Å². The third-order valence-electron chi connectivity index (χ3n) is 5.47. The maximum Gasteiger partial charge on any atom is 0.181 e. The number of hydrogen-bond donors (Lipinski definition) is 2. The van der Waals surface area contributed by atoms with E-state index in [1.54, 1.807) is 6.20 Å². The standard InChI is InChI=1S/C13H15N.C10H8N4O.2H2/c1-13(2)7-3-4-11-6-5-10(9-14)8-12(11)13;11-6-1-2-8-7(3-6)10(14-13-8)9-4-12-5-15-9;;/h5-6,8H,3-4,7H2,1-2H3;1-5H,11H2,(H,13,14);2*1H. The van der Waals surface area contributed by atoms with Crippen LogP contribution < -0.4 is 5.73 Å². The van der Waals surface area contributed by atoms with Gasteiger partial charge in [-0.15, -0.1) is 0 Å². The molecule has 0 radical (unpaired) electrons. The zero-order valence-electron chi connectivity index (χ0n) is 16.6. The summed E-state index contributed by atoms with van der Waals surface area (Å²) in [6.45, 7) is 4.54. The van der Waals surface area contributed by atoms with Gasteiger partial charge in [-0.05, 0) is 66.1 Å². The number of nitrogen functional groups attached to an aromatic ring is 1. The molecule has 6 heteroatoms. The fourth-order valence-electron chi connectivity index (χ4n) is 3.90. The molecule has 4 aromatic rings. The number of hydrogen-bond acceptors (Lipinski definition) is 5. The lowest BCUT2D eigenvalue weighted by Gasteiger charge is -2.32. The predicted molar refractivity (Wildman–Crippen MR) is 117 cm³/mol. The molecular formula is C23H27N5O. The summed E-state index contributed by atoms with van der Waals surface area (Å²) in [5.41, 5.74) is 11.9. The molecule has 1 aliphatic carbocycles. The Kier molecular flexibility index (Phi) is 4.81. The normalized spacial score (nSPS) is 14.5. The highest BCUT2D eigenvalue weighted by Gasteiger charge is 2.27. The van der Waals surface area contributed by atoms with E-state index in [4.69, 9.17) is 15.4 Å². The molecule has 0 fully saturated rings. The van der Waals surface area contributed by atoms with E-state index in [1.165, 1.54) is 36.8 Å². The number of aryl methyl sites for hydroxylation is 1. The van der Waals surface area contributed by atoms with E-state index >= 15 is 0 Å². The predicted octanol–water partition coefficient (Wildman–Crippen LogP) is 5.46. The second kappa shape index (κ2) is 7.44. The quantitative estimate of drug-likeness (QED) is 0.420. The van der Waals surface area contributed by atoms with E-state index in [1.807, 2.05) is 24.3 Å². The van der Waals surface area contributed by atoms with Crippen molar-refractivity contribution in [1.29, 1.82) is 5.26 Å². The average molecular weight is 390 g/mol. The van der Waals surface area contributed by atoms with Gasteiger partial charge in [0.2, 0.25) is 0 Å². The van der Waals surface area contributed by atoms with Crippen LogP contribution in [0.1, 0.15) is 46.2 Å². The van der Waals surface area contributed by atoms with Crippen LogP contribution in [0.2, 0.25) is 0 Å². The van der Waals surface area contributed by atoms with Crippen molar-refractivity contribution in [2.45, 2.75) is 38.5 Å². The Bertz CT molecular complexity index is 1190. The highest BCUT2D eigenvalue weighted by atomic mass is 16.3. The number of nitrogens with one attached hydrogen (secondary N) is 1. The molecule has 0 spiro atoms. The first-order chi connectivity index (χ1) is 14.0. The molecule has 0 aliphatic heterocycles. The molecule has 29 heavy (non-hydrogen) atoms. The van der Waals surface area contributed by atoms with Crippen molar-refractivity contribution in [3.05, 3.63) is 65.7 Å². The van der Waals surface area contributed by atoms with Gasteiger partial charge in [-0.2, -0.15) is 10.4 Å². The van der Waals surface area contributed by atoms with Crippen molar-refractivity contribution < 1.29 is 7.27 Å². The highest BCUT2D eigenvalue weighted by molar-refractivity contribution is 5.93. The Morgan fingerprint density at radius 2 is 2.10 bits per heavy atom. The summed E-state index contributed by atoms with van der Waals surface area (Å²) in [4.78, 5) is 3.86. The number of rotatable bonds is 1. The number of anilines is 1. The van der Waals surface area contributed by atoms with Crippen LogP contribution in [0.15, 0.2) is 53.4 Å². The summed E-state index contributed by atoms with van der Waals surface area (Å²) in [5, 5.41) is 16.9. The smallest absolute Gasteiger partial charge is 0.181 e. The lowest BCUT2D eigenvalue weighted by atomic mass is 9.72. The van der Waals surface area contributed by atoms with E-state index in [-0.39, 0.29) is 8.27 Å². The Balaban J connectivity index is 0.000000207. The van der Waals surface area contributed by atoms with E-state index < -0.39 is 0 Å². The Labute approximate surface area is 172 Å². The number of aromatic nitrogens is 3. The maximum atomic E-state index is 8.86. The zero-order chi connectivity index (χ0) is 20.4. The van der Waals surface area contributed by atoms with Crippen molar-refractivity contribution in [2.24, 2.45) is 0 Å². The summed E-state index contributed by atoms with van der Waals surface area (Å²) in [7, 11) is 0. The number of nitrogens with two attached hydrogens (primary N) is 1. The van der Waals surface area contributed by atoms with Gasteiger partial charge in [-0.1, -0.05) is 19.9 Å². The number of benzene rings is 2. The molecule has 0 atom stereocenters. The topological polar surface area (TPSA) is 105 Å². The number of nitriles is 1. The van der Waals surface area contributed by atoms with E-state index in [2.05, 4.69) is 47.2 Å². The maximum absolute atomic E-state index is 8.86. The first-order valence-corrected chi connectivity index (χ1v) is 9.64. The monoisotopic (exact) mass is 389 g/mol. The van der Waals surface area contributed by atoms with Crippen LogP contribution >= 0.6 is 0 Å². The molecule has 2 heterocycles. The van der Waals surface area contributed by atoms with Crippen LogP contribution in [0.5, 0.6) is 0 Å². The summed E-state index contributed by atoms with van der Waals surface area (Å²) < 4.78 is 5.19. The molecule has 0 bridgehead atoms. The van der Waals surface area contributed by atoms with Gasteiger partial charge in [0, 0.05) is 13.9 Å². The molecule has 150 valence electrons. The summed E-state index contributed by atoms with van der Waals surface area (Å²) in [6.07, 6.45) is 6.67. The van der Waals surface area contributed by atoms with E-state index in [9.17, 15) is 0 Å². The number of fused-ring (bicyclic) bond motifs is 2. The minimum atomic E-state index is 0. The second-order valence-electron chi connectivity index (χ2n) is 7.96. The Morgan fingerprint density at radius 1 is 1.24 bits per heavy atom. The van der Waals surface area contributed by atoms with Gasteiger partial charge in [0.05, 0.1) is 23.3 Å². The molecule has 3 N–H and O–H groups in total. The molecule has 6 nitrogen and oxygen atoms in total. The highest BCUT2D eigenvalue weighted by Crippen LogP contribution is 2.37. The fourth-order valence-corrected chi connectivity index (χ4v) is 3.90. The van der Waals surface area contributed by atoms with Crippen molar-refractivity contribution in [3.63, 3.8) is 0 Å². The lowest BCUT2D eigenvalue weighted by Crippen LogP contribution is -2.23. The zero-order valence-corrected chi connectivity index (χ0v) is 16.6. The van der Waals surface area contributed by atoms with Crippen LogP contribution in [0.25, 0.3) is 22.4 Å². The van der Waals surface area contributed by atoms with Crippen LogP contribution in [0.4, 0.5) is 5.69 Å². The third kappa shape index (κ3) is 3.72. The molecule has 5 rings (SSSR count). The van der Waals surface area contributed by atoms with Gasteiger partial charge in [-0.3, -0.25) is 5.10 Å². The first kappa shape index (κ1) is 18.8. The first-order valence-electron chi connectivity index (χ1n) is 9.64. The SMILES string of the molecule is CC1(C)CCCc2ccc(C#N)cc21.Nc1ccc2[nH]nc(-c3cnco3)c2c1.[HH].[HH]. The molecule has 1 aliphatic rings. The fraction of sp³-hybridized carbons (Fsp3) is 0.261. The largest absolute Gasteiger partial charge is 0.442 e. The summed E-state index contributed by atoms with van der Waals surface area (Å²) in [6, 6.07) is 13.9. The van der Waals surface area contributed by atoms with Crippen LogP contribution in [0, 0.1) is 11.3 Å². The average Bonchev–Trinajstić information content (AvgIpc) is 3.37. The van der Waals surface area contributed by atoms with Crippen molar-refractivity contribution in [2.75, 3.05) is 5.73 Å². The molecule has 2 aromatic heterocycles. The van der Waals surface area contributed by atoms with Gasteiger partial charge >= 0.3 is 0 Å². The van der Waals surface area contributed by atoms with Gasteiger partial charge in [0.1, 0.15) is 5.69 Å². The number of aromatic amines is 1. The summed E-state index contributed by atoms with van der Waals surface area (Å²) in [5.74, 6) is 0.631. The minimum Gasteiger partial charge on any atom is -0.442 e. The van der Waals surface area contributed by atoms with Crippen LogP contribution in [-0.2, 0) is 11.8 Å². The van der Waals surface area contributed by atoms with Gasteiger partial charge in [0.25, 0.3) is 0 Å². The Morgan fingerprint density at radius 3 is 2.86 bits per heavy atom. The Hall–Kier alpha value is -3.59. The lowest BCUT2D eigenvalue weighted by molar-refractivity contribution is 0.432. The van der Waals surface area contributed by atoms with Crippen molar-refractivity contribution in [3.8, 4) is 17.5 Å². The molecule has 2 aromatic carbocycles. The number of oxazole rings is 1. The van der Waals surface area contributed by atoms with Crippen molar-refractivity contribution in [1.82, 2.24) is 15.2 Å². The van der Waals surface area contributed by atoms with E-state index in [0.29, 0.717) is 11.4 Å². The number of nitrogens with zero attached hydrogens (tertiary/aromatic N) is 3. The molecular weight excluding hydrogens is 362 g/mol. The van der Waals surface area contributed by atoms with E-state index in [0.717, 1.165) is 22.2 Å². The van der Waals surface area contributed by atoms with Crippen LogP contribution in [-0.4, -0.2) is 15.2 Å². The van der Waals surface area contributed by atoms with Gasteiger partial charge in [-0.25, -0.2) is 4.98 Å². The second-order valence-corrected chi connectivity index (χ2v) is 7.96. The van der Waals surface area contributed by atoms with Gasteiger partial charge in [0.15, 0.2) is 12.2 Å². The minimum absolute atomic E-state index is 0. The summed E-state index contributed by atoms with van der Waals surface area (Å²) >= 11 is 0. The van der Waals surface area contributed by atoms with Crippen molar-refractivity contribution >= 4 is 16.6 Å². The third-order valence-corrected chi connectivity index (χ3v) is 5.47. The molecule has 0 amide bonds. The number of H-pyrrole nitrogens is 1. The van der Waals surface area contributed by atoms with Gasteiger partial charge < -0.3 is 10.2 Å². The molecule has 0 saturated heterocycles. The molecule has 0 saturated carbocycles. The molecule has 0 unspecified atom stereocenters.